The summed E-state index contributed by atoms with van der Waals surface area (Å²) >= 11 is 1.21. The molecule has 28 heavy (non-hydrogen) atoms. The fourth-order valence-corrected chi connectivity index (χ4v) is 3.60. The van der Waals surface area contributed by atoms with Gasteiger partial charge in [-0.25, -0.2) is 4.98 Å². The molecule has 0 spiro atoms. The average Bonchev–Trinajstić information content (AvgIpc) is 3.31. The maximum atomic E-state index is 13.0. The second-order valence-electron chi connectivity index (χ2n) is 6.27. The second-order valence-corrected chi connectivity index (χ2v) is 7.10. The number of carbonyl (C=O) groups excluding carboxylic acids is 1. The van der Waals surface area contributed by atoms with Crippen LogP contribution in [-0.2, 0) is 17.5 Å². The van der Waals surface area contributed by atoms with Gasteiger partial charge in [0.25, 0.3) is 0 Å². The van der Waals surface area contributed by atoms with Gasteiger partial charge < -0.3 is 9.73 Å². The number of benzene rings is 1. The third kappa shape index (κ3) is 4.60. The van der Waals surface area contributed by atoms with Gasteiger partial charge in [0.1, 0.15) is 18.3 Å². The highest BCUT2D eigenvalue weighted by atomic mass is 32.1. The molecule has 1 aromatic carbocycles. The van der Waals surface area contributed by atoms with Gasteiger partial charge in [0.2, 0.25) is 5.91 Å². The molecular weight excluding hydrogens is 391 g/mol. The summed E-state index contributed by atoms with van der Waals surface area (Å²) < 4.78 is 44.4. The first-order valence-electron chi connectivity index (χ1n) is 8.55. The predicted octanol–water partition coefficient (Wildman–Crippen LogP) is 4.26. The number of halogens is 3. The van der Waals surface area contributed by atoms with E-state index in [9.17, 15) is 18.0 Å². The van der Waals surface area contributed by atoms with Crippen molar-refractivity contribution in [3.05, 3.63) is 65.1 Å². The summed E-state index contributed by atoms with van der Waals surface area (Å²) in [6.45, 7) is 3.84. The number of nitrogens with two attached hydrogens (primary N) is 1. The van der Waals surface area contributed by atoms with Gasteiger partial charge in [-0.1, -0.05) is 6.07 Å². The summed E-state index contributed by atoms with van der Waals surface area (Å²) in [7, 11) is 0. The van der Waals surface area contributed by atoms with Crippen molar-refractivity contribution in [3.63, 3.8) is 0 Å². The van der Waals surface area contributed by atoms with Crippen molar-refractivity contribution in [2.45, 2.75) is 32.6 Å². The molecule has 3 aromatic rings. The van der Waals surface area contributed by atoms with Gasteiger partial charge in [0.05, 0.1) is 17.5 Å². The molecule has 1 atom stereocenters. The zero-order valence-corrected chi connectivity index (χ0v) is 16.1. The number of quaternary nitrogens is 1. The number of furan rings is 1. The summed E-state index contributed by atoms with van der Waals surface area (Å²) in [6.07, 6.45) is -2.87. The van der Waals surface area contributed by atoms with Crippen LogP contribution in [0.2, 0.25) is 0 Å². The Balaban J connectivity index is 1.78. The lowest BCUT2D eigenvalue weighted by Crippen LogP contribution is -2.83. The number of hydrogen-bond acceptors (Lipinski definition) is 4. The number of alkyl halides is 3. The molecule has 0 aliphatic rings. The van der Waals surface area contributed by atoms with Gasteiger partial charge in [0, 0.05) is 12.3 Å². The summed E-state index contributed by atoms with van der Waals surface area (Å²) in [6, 6.07) is 8.46. The number of carbonyl (C=O) groups is 1. The number of amides is 1. The van der Waals surface area contributed by atoms with Crippen LogP contribution in [-0.4, -0.2) is 10.9 Å². The van der Waals surface area contributed by atoms with Crippen LogP contribution in [0.3, 0.4) is 0 Å². The molecule has 5 nitrogen and oxygen atoms in total. The summed E-state index contributed by atoms with van der Waals surface area (Å²) in [4.78, 5) is 17.8. The van der Waals surface area contributed by atoms with Gasteiger partial charge in [-0.2, -0.15) is 13.2 Å². The van der Waals surface area contributed by atoms with Crippen molar-refractivity contribution in [1.29, 1.82) is 0 Å². The molecule has 0 saturated carbocycles. The zero-order chi connectivity index (χ0) is 20.3. The average molecular weight is 410 g/mol. The minimum Gasteiger partial charge on any atom is -0.463 e. The SMILES string of the molecule is CC(=O)N(c1cccc(C(F)(F)F)c1)c1nc(C[NH2+][C@@H](C)c2ccco2)cs1. The van der Waals surface area contributed by atoms with E-state index in [1.807, 2.05) is 24.4 Å². The first-order chi connectivity index (χ1) is 13.3. The van der Waals surface area contributed by atoms with Crippen molar-refractivity contribution in [2.75, 3.05) is 4.90 Å². The highest BCUT2D eigenvalue weighted by molar-refractivity contribution is 7.14. The van der Waals surface area contributed by atoms with Crippen molar-refractivity contribution in [3.8, 4) is 0 Å². The van der Waals surface area contributed by atoms with E-state index in [0.29, 0.717) is 11.7 Å². The molecule has 0 fully saturated rings. The lowest BCUT2D eigenvalue weighted by atomic mass is 10.2. The van der Waals surface area contributed by atoms with Gasteiger partial charge >= 0.3 is 6.18 Å². The Morgan fingerprint density at radius 2 is 2.11 bits per heavy atom. The largest absolute Gasteiger partial charge is 0.463 e. The standard InChI is InChI=1S/C19H18F3N3O2S/c1-12(17-7-4-8-27-17)23-10-15-11-28-18(24-15)25(13(2)26)16-6-3-5-14(9-16)19(20,21)22/h3-9,11-12,23H,10H2,1-2H3/p+1/t12-/m0/s1. The maximum Gasteiger partial charge on any atom is 0.416 e. The monoisotopic (exact) mass is 410 g/mol. The number of thiazole rings is 1. The number of rotatable bonds is 6. The molecule has 0 bridgehead atoms. The molecule has 0 saturated heterocycles. The van der Waals surface area contributed by atoms with Crippen LogP contribution in [0.4, 0.5) is 24.0 Å². The van der Waals surface area contributed by atoms with E-state index in [0.717, 1.165) is 23.6 Å². The molecule has 9 heteroatoms. The molecule has 3 rings (SSSR count). The topological polar surface area (TPSA) is 63.0 Å². The van der Waals surface area contributed by atoms with Crippen molar-refractivity contribution >= 4 is 28.1 Å². The van der Waals surface area contributed by atoms with Crippen molar-refractivity contribution in [1.82, 2.24) is 4.98 Å². The first-order valence-corrected chi connectivity index (χ1v) is 9.42. The number of anilines is 2. The third-order valence-electron chi connectivity index (χ3n) is 4.15. The van der Waals surface area contributed by atoms with Gasteiger partial charge in [-0.05, 0) is 37.3 Å². The number of hydrogen-bond donors (Lipinski definition) is 1. The van der Waals surface area contributed by atoms with E-state index >= 15 is 0 Å². The molecular formula is C19H19F3N3O2S+. The summed E-state index contributed by atoms with van der Waals surface area (Å²) in [5.41, 5.74) is 0.0569. The lowest BCUT2D eigenvalue weighted by molar-refractivity contribution is -0.710. The fraction of sp³-hybridized carbons (Fsp3) is 0.263. The Labute approximate surface area is 163 Å². The minimum atomic E-state index is -4.48. The molecule has 2 heterocycles. The fourth-order valence-electron chi connectivity index (χ4n) is 2.71. The van der Waals surface area contributed by atoms with E-state index < -0.39 is 17.6 Å². The predicted molar refractivity (Wildman–Crippen MR) is 99.1 cm³/mol. The van der Waals surface area contributed by atoms with Crippen LogP contribution in [0.1, 0.15) is 36.9 Å². The Morgan fingerprint density at radius 1 is 1.32 bits per heavy atom. The molecule has 0 aliphatic carbocycles. The van der Waals surface area contributed by atoms with Crippen LogP contribution >= 0.6 is 11.3 Å². The Morgan fingerprint density at radius 3 is 2.75 bits per heavy atom. The second kappa shape index (κ2) is 8.15. The van der Waals surface area contributed by atoms with Crippen LogP contribution < -0.4 is 10.2 Å². The van der Waals surface area contributed by atoms with Crippen LogP contribution in [0.25, 0.3) is 0 Å². The van der Waals surface area contributed by atoms with E-state index in [1.165, 1.54) is 35.3 Å². The maximum absolute atomic E-state index is 13.0. The zero-order valence-electron chi connectivity index (χ0n) is 15.2. The Bertz CT molecular complexity index is 938. The van der Waals surface area contributed by atoms with E-state index in [4.69, 9.17) is 4.42 Å². The highest BCUT2D eigenvalue weighted by Crippen LogP contribution is 2.34. The molecule has 0 aliphatic heterocycles. The van der Waals surface area contributed by atoms with Crippen LogP contribution in [0, 0.1) is 0 Å². The molecule has 0 unspecified atom stereocenters. The Kier molecular flexibility index (Phi) is 5.85. The van der Waals surface area contributed by atoms with E-state index in [-0.39, 0.29) is 11.7 Å². The van der Waals surface area contributed by atoms with E-state index in [1.54, 1.807) is 11.6 Å². The van der Waals surface area contributed by atoms with Gasteiger partial charge in [-0.15, -0.1) is 11.3 Å². The molecule has 148 valence electrons. The molecule has 0 radical (unpaired) electrons. The third-order valence-corrected chi connectivity index (χ3v) is 5.02. The van der Waals surface area contributed by atoms with Crippen LogP contribution in [0.5, 0.6) is 0 Å². The molecule has 2 N–H and O–H groups in total. The first kappa shape index (κ1) is 20.1. The molecule has 1 amide bonds. The van der Waals surface area contributed by atoms with Crippen LogP contribution in [0.15, 0.2) is 52.5 Å². The van der Waals surface area contributed by atoms with Crippen molar-refractivity contribution < 1.29 is 27.7 Å². The Hall–Kier alpha value is -2.65. The minimum absolute atomic E-state index is 0.0903. The lowest BCUT2D eigenvalue weighted by Gasteiger charge is -2.19. The van der Waals surface area contributed by atoms with Gasteiger partial charge in [-0.3, -0.25) is 9.69 Å². The van der Waals surface area contributed by atoms with Gasteiger partial charge in [0.15, 0.2) is 10.9 Å². The molecule has 2 aromatic heterocycles. The number of aromatic nitrogens is 1. The quantitative estimate of drug-likeness (QED) is 0.660. The highest BCUT2D eigenvalue weighted by Gasteiger charge is 2.31. The van der Waals surface area contributed by atoms with E-state index in [2.05, 4.69) is 4.98 Å². The smallest absolute Gasteiger partial charge is 0.416 e. The summed E-state index contributed by atoms with van der Waals surface area (Å²) in [5, 5.41) is 4.16. The normalized spacial score (nSPS) is 12.8. The summed E-state index contributed by atoms with van der Waals surface area (Å²) in [5.74, 6) is 0.429. The van der Waals surface area contributed by atoms with Crippen molar-refractivity contribution in [2.24, 2.45) is 0 Å². The number of nitrogens with zero attached hydrogens (tertiary/aromatic N) is 2.